The molecule has 2 aromatic rings. The van der Waals surface area contributed by atoms with Crippen molar-refractivity contribution in [3.63, 3.8) is 0 Å². The van der Waals surface area contributed by atoms with Gasteiger partial charge in [-0.15, -0.1) is 10.2 Å². The summed E-state index contributed by atoms with van der Waals surface area (Å²) in [5.41, 5.74) is 3.92. The van der Waals surface area contributed by atoms with Gasteiger partial charge in [0.15, 0.2) is 11.0 Å². The Bertz CT molecular complexity index is 697. The molecule has 3 rings (SSSR count). The number of thioether (sulfide) groups is 1. The fourth-order valence-corrected chi connectivity index (χ4v) is 3.62. The molecule has 0 amide bonds. The zero-order valence-electron chi connectivity index (χ0n) is 12.6. The van der Waals surface area contributed by atoms with E-state index in [0.717, 1.165) is 30.8 Å². The van der Waals surface area contributed by atoms with E-state index in [1.165, 1.54) is 35.7 Å². The van der Waals surface area contributed by atoms with Crippen molar-refractivity contribution in [3.05, 3.63) is 29.3 Å². The minimum atomic E-state index is -0.842. The van der Waals surface area contributed by atoms with Crippen LogP contribution in [0.2, 0.25) is 0 Å². The molecular formula is C16H19N3O2S. The number of fused-ring (bicyclic) bond motifs is 1. The van der Waals surface area contributed by atoms with Crippen molar-refractivity contribution >= 4 is 17.7 Å². The fraction of sp³-hybridized carbons (Fsp3) is 0.438. The highest BCUT2D eigenvalue weighted by atomic mass is 32.2. The summed E-state index contributed by atoms with van der Waals surface area (Å²) < 4.78 is 1.98. The van der Waals surface area contributed by atoms with E-state index in [4.69, 9.17) is 5.11 Å². The van der Waals surface area contributed by atoms with Crippen molar-refractivity contribution in [2.45, 2.75) is 44.3 Å². The van der Waals surface area contributed by atoms with Crippen LogP contribution < -0.4 is 0 Å². The van der Waals surface area contributed by atoms with Crippen LogP contribution in [0.3, 0.4) is 0 Å². The van der Waals surface area contributed by atoms with Gasteiger partial charge in [0, 0.05) is 12.1 Å². The van der Waals surface area contributed by atoms with Crippen LogP contribution in [-0.2, 0) is 24.2 Å². The molecule has 1 heterocycles. The number of aryl methyl sites for hydroxylation is 2. The standard InChI is InChI=1S/C16H19N3O2S/c1-2-19-15(17-18-16(19)22-10-14(20)21)13-8-7-11-5-3-4-6-12(11)9-13/h7-9H,2-6,10H2,1H3,(H,20,21). The topological polar surface area (TPSA) is 68.0 Å². The zero-order valence-corrected chi connectivity index (χ0v) is 13.4. The van der Waals surface area contributed by atoms with Gasteiger partial charge in [0.2, 0.25) is 0 Å². The van der Waals surface area contributed by atoms with E-state index in [1.54, 1.807) is 0 Å². The third-order valence-corrected chi connectivity index (χ3v) is 4.92. The molecule has 0 saturated carbocycles. The predicted octanol–water partition coefficient (Wildman–Crippen LogP) is 3.02. The first-order valence-corrected chi connectivity index (χ1v) is 8.57. The molecule has 1 aromatic carbocycles. The highest BCUT2D eigenvalue weighted by Crippen LogP contribution is 2.28. The Balaban J connectivity index is 1.92. The van der Waals surface area contributed by atoms with Gasteiger partial charge < -0.3 is 9.67 Å². The molecule has 1 aromatic heterocycles. The summed E-state index contributed by atoms with van der Waals surface area (Å²) in [5.74, 6) is -0.0165. The van der Waals surface area contributed by atoms with Crippen molar-refractivity contribution in [3.8, 4) is 11.4 Å². The van der Waals surface area contributed by atoms with Gasteiger partial charge in [-0.2, -0.15) is 0 Å². The largest absolute Gasteiger partial charge is 0.481 e. The monoisotopic (exact) mass is 317 g/mol. The first kappa shape index (κ1) is 15.1. The highest BCUT2D eigenvalue weighted by molar-refractivity contribution is 7.99. The summed E-state index contributed by atoms with van der Waals surface area (Å²) in [7, 11) is 0. The molecule has 0 radical (unpaired) electrons. The average Bonchev–Trinajstić information content (AvgIpc) is 2.95. The lowest BCUT2D eigenvalue weighted by molar-refractivity contribution is -0.133. The van der Waals surface area contributed by atoms with E-state index in [9.17, 15) is 4.79 Å². The molecule has 0 fully saturated rings. The average molecular weight is 317 g/mol. The van der Waals surface area contributed by atoms with Gasteiger partial charge in [-0.25, -0.2) is 0 Å². The lowest BCUT2D eigenvalue weighted by Gasteiger charge is -2.16. The quantitative estimate of drug-likeness (QED) is 0.859. The molecule has 0 saturated heterocycles. The van der Waals surface area contributed by atoms with E-state index in [1.807, 2.05) is 11.5 Å². The Morgan fingerprint density at radius 2 is 2.05 bits per heavy atom. The molecule has 0 bridgehead atoms. The van der Waals surface area contributed by atoms with Crippen LogP contribution in [0.5, 0.6) is 0 Å². The number of carbonyl (C=O) groups is 1. The number of carboxylic acids is 1. The molecule has 1 aliphatic carbocycles. The lowest BCUT2D eigenvalue weighted by Crippen LogP contribution is -2.05. The molecular weight excluding hydrogens is 298 g/mol. The van der Waals surface area contributed by atoms with Crippen molar-refractivity contribution in [2.75, 3.05) is 5.75 Å². The summed E-state index contributed by atoms with van der Waals surface area (Å²) in [4.78, 5) is 10.7. The summed E-state index contributed by atoms with van der Waals surface area (Å²) in [6.07, 6.45) is 4.81. The van der Waals surface area contributed by atoms with Gasteiger partial charge in [-0.1, -0.05) is 23.9 Å². The van der Waals surface area contributed by atoms with Gasteiger partial charge in [0.1, 0.15) is 0 Å². The Morgan fingerprint density at radius 3 is 2.77 bits per heavy atom. The first-order valence-electron chi connectivity index (χ1n) is 7.59. The third kappa shape index (κ3) is 3.02. The lowest BCUT2D eigenvalue weighted by atomic mass is 9.90. The Morgan fingerprint density at radius 1 is 1.27 bits per heavy atom. The van der Waals surface area contributed by atoms with Crippen molar-refractivity contribution < 1.29 is 9.90 Å². The smallest absolute Gasteiger partial charge is 0.313 e. The van der Waals surface area contributed by atoms with Gasteiger partial charge in [-0.3, -0.25) is 4.79 Å². The molecule has 1 N–H and O–H groups in total. The van der Waals surface area contributed by atoms with E-state index in [2.05, 4.69) is 28.4 Å². The molecule has 0 unspecified atom stereocenters. The Kier molecular flexibility index (Phi) is 4.47. The highest BCUT2D eigenvalue weighted by Gasteiger charge is 2.16. The minimum absolute atomic E-state index is 0.00230. The normalized spacial score (nSPS) is 13.9. The van der Waals surface area contributed by atoms with Gasteiger partial charge >= 0.3 is 5.97 Å². The van der Waals surface area contributed by atoms with Crippen LogP contribution >= 0.6 is 11.8 Å². The predicted molar refractivity (Wildman–Crippen MR) is 86.1 cm³/mol. The number of hydrogen-bond donors (Lipinski definition) is 1. The number of benzene rings is 1. The molecule has 0 atom stereocenters. The minimum Gasteiger partial charge on any atom is -0.481 e. The number of aliphatic carboxylic acids is 1. The fourth-order valence-electron chi connectivity index (χ4n) is 2.89. The zero-order chi connectivity index (χ0) is 15.5. The van der Waals surface area contributed by atoms with Crippen molar-refractivity contribution in [1.82, 2.24) is 14.8 Å². The Hall–Kier alpha value is -1.82. The third-order valence-electron chi connectivity index (χ3n) is 3.96. The first-order chi connectivity index (χ1) is 10.7. The van der Waals surface area contributed by atoms with Gasteiger partial charge in [-0.05, 0) is 49.8 Å². The second-order valence-corrected chi connectivity index (χ2v) is 6.37. The second kappa shape index (κ2) is 6.52. The van der Waals surface area contributed by atoms with E-state index < -0.39 is 5.97 Å². The van der Waals surface area contributed by atoms with E-state index >= 15 is 0 Å². The molecule has 5 nitrogen and oxygen atoms in total. The number of nitrogens with zero attached hydrogens (tertiary/aromatic N) is 3. The number of hydrogen-bond acceptors (Lipinski definition) is 4. The van der Waals surface area contributed by atoms with Crippen LogP contribution in [0.4, 0.5) is 0 Å². The maximum atomic E-state index is 10.7. The number of aromatic nitrogens is 3. The number of carboxylic acid groups (broad SMARTS) is 1. The van der Waals surface area contributed by atoms with Gasteiger partial charge in [0.05, 0.1) is 5.75 Å². The maximum absolute atomic E-state index is 10.7. The summed E-state index contributed by atoms with van der Waals surface area (Å²) in [5, 5.41) is 17.9. The summed E-state index contributed by atoms with van der Waals surface area (Å²) in [6.45, 7) is 2.75. The van der Waals surface area contributed by atoms with Crippen LogP contribution in [0.1, 0.15) is 30.9 Å². The van der Waals surface area contributed by atoms with Crippen molar-refractivity contribution in [1.29, 1.82) is 0 Å². The molecule has 0 aliphatic heterocycles. The van der Waals surface area contributed by atoms with Crippen LogP contribution in [-0.4, -0.2) is 31.6 Å². The van der Waals surface area contributed by atoms with Crippen LogP contribution in [0.25, 0.3) is 11.4 Å². The summed E-state index contributed by atoms with van der Waals surface area (Å²) >= 11 is 1.21. The Labute approximate surface area is 133 Å². The maximum Gasteiger partial charge on any atom is 0.313 e. The second-order valence-electron chi connectivity index (χ2n) is 5.42. The van der Waals surface area contributed by atoms with Gasteiger partial charge in [0.25, 0.3) is 0 Å². The molecule has 22 heavy (non-hydrogen) atoms. The number of rotatable bonds is 5. The molecule has 6 heteroatoms. The van der Waals surface area contributed by atoms with Crippen LogP contribution in [0, 0.1) is 0 Å². The van der Waals surface area contributed by atoms with E-state index in [-0.39, 0.29) is 5.75 Å². The molecule has 0 spiro atoms. The SMILES string of the molecule is CCn1c(SCC(=O)O)nnc1-c1ccc2c(c1)CCCC2. The summed E-state index contributed by atoms with van der Waals surface area (Å²) in [6, 6.07) is 6.52. The van der Waals surface area contributed by atoms with Crippen molar-refractivity contribution in [2.24, 2.45) is 0 Å². The molecule has 116 valence electrons. The molecule has 1 aliphatic rings. The van der Waals surface area contributed by atoms with E-state index in [0.29, 0.717) is 5.16 Å². The van der Waals surface area contributed by atoms with Crippen LogP contribution in [0.15, 0.2) is 23.4 Å².